The molecular formula is C17H19BFN3O2. The normalized spacial score (nSPS) is 19.5. The molecule has 24 heavy (non-hydrogen) atoms. The fourth-order valence-electron chi connectivity index (χ4n) is 2.22. The monoisotopic (exact) mass is 327 g/mol. The Bertz CT molecular complexity index is 732. The number of aromatic nitrogens is 3. The highest BCUT2D eigenvalue weighted by molar-refractivity contribution is 6.54. The quantitative estimate of drug-likeness (QED) is 0.808. The van der Waals surface area contributed by atoms with E-state index in [0.29, 0.717) is 17.1 Å². The van der Waals surface area contributed by atoms with Crippen LogP contribution in [0.25, 0.3) is 17.6 Å². The number of hydrogen-bond acceptors (Lipinski definition) is 5. The Labute approximate surface area is 141 Å². The van der Waals surface area contributed by atoms with E-state index in [0.717, 1.165) is 0 Å². The third kappa shape index (κ3) is 3.23. The molecule has 3 rings (SSSR count). The number of rotatable bonds is 3. The number of halogens is 1. The van der Waals surface area contributed by atoms with Crippen molar-refractivity contribution in [2.75, 3.05) is 0 Å². The van der Waals surface area contributed by atoms with Crippen molar-refractivity contribution in [1.82, 2.24) is 15.0 Å². The van der Waals surface area contributed by atoms with E-state index in [-0.39, 0.29) is 0 Å². The minimum Gasteiger partial charge on any atom is -0.398 e. The second-order valence-corrected chi connectivity index (χ2v) is 6.67. The van der Waals surface area contributed by atoms with Crippen molar-refractivity contribution in [3.8, 4) is 11.5 Å². The van der Waals surface area contributed by atoms with Gasteiger partial charge in [-0.2, -0.15) is 0 Å². The van der Waals surface area contributed by atoms with E-state index in [1.165, 1.54) is 6.08 Å². The third-order valence-electron chi connectivity index (χ3n) is 4.35. The first kappa shape index (κ1) is 16.7. The van der Waals surface area contributed by atoms with Crippen LogP contribution in [-0.2, 0) is 9.31 Å². The molecule has 124 valence electrons. The van der Waals surface area contributed by atoms with Crippen LogP contribution in [0.1, 0.15) is 33.3 Å². The molecule has 1 saturated heterocycles. The standard InChI is InChI=1S/C17H19BFN3O2/c1-16(2)17(3,4)24-18(23-16)14(19)9-12-10-21-15(22-11-12)13-7-5-6-8-20-13/h5-11H,1-4H3. The summed E-state index contributed by atoms with van der Waals surface area (Å²) in [6.45, 7) is 7.52. The van der Waals surface area contributed by atoms with Crippen molar-refractivity contribution in [3.05, 3.63) is 48.1 Å². The summed E-state index contributed by atoms with van der Waals surface area (Å²) in [6, 6.07) is 5.49. The minimum atomic E-state index is -1.02. The molecule has 0 spiro atoms. The maximum Gasteiger partial charge on any atom is 0.525 e. The first-order valence-corrected chi connectivity index (χ1v) is 7.75. The predicted molar refractivity (Wildman–Crippen MR) is 90.4 cm³/mol. The van der Waals surface area contributed by atoms with Crippen LogP contribution >= 0.6 is 0 Å². The van der Waals surface area contributed by atoms with Gasteiger partial charge in [-0.1, -0.05) is 6.07 Å². The topological polar surface area (TPSA) is 57.1 Å². The molecule has 0 radical (unpaired) electrons. The lowest BCUT2D eigenvalue weighted by Gasteiger charge is -2.32. The molecule has 1 aliphatic rings. The van der Waals surface area contributed by atoms with Gasteiger partial charge in [-0.15, -0.1) is 0 Å². The van der Waals surface area contributed by atoms with Crippen molar-refractivity contribution >= 4 is 13.2 Å². The second-order valence-electron chi connectivity index (χ2n) is 6.67. The molecule has 0 bridgehead atoms. The highest BCUT2D eigenvalue weighted by Crippen LogP contribution is 2.39. The summed E-state index contributed by atoms with van der Waals surface area (Å²) in [5, 5.41) is 0. The lowest BCUT2D eigenvalue weighted by Crippen LogP contribution is -2.41. The fraction of sp³-hybridized carbons (Fsp3) is 0.353. The Morgan fingerprint density at radius 2 is 1.67 bits per heavy atom. The number of nitrogens with zero attached hydrogens (tertiary/aromatic N) is 3. The highest BCUT2D eigenvalue weighted by Gasteiger charge is 2.53. The fourth-order valence-corrected chi connectivity index (χ4v) is 2.22. The molecule has 0 aliphatic carbocycles. The van der Waals surface area contributed by atoms with Crippen LogP contribution in [0.5, 0.6) is 0 Å². The van der Waals surface area contributed by atoms with Gasteiger partial charge in [0.15, 0.2) is 5.82 Å². The molecule has 7 heteroatoms. The second kappa shape index (κ2) is 6.07. The van der Waals surface area contributed by atoms with E-state index >= 15 is 0 Å². The summed E-state index contributed by atoms with van der Waals surface area (Å²) in [4.78, 5) is 12.6. The molecular weight excluding hydrogens is 308 g/mol. The van der Waals surface area contributed by atoms with E-state index in [1.807, 2.05) is 45.9 Å². The van der Waals surface area contributed by atoms with Crippen LogP contribution in [-0.4, -0.2) is 33.3 Å². The van der Waals surface area contributed by atoms with Gasteiger partial charge in [-0.3, -0.25) is 4.98 Å². The molecule has 0 amide bonds. The summed E-state index contributed by atoms with van der Waals surface area (Å²) in [6.07, 6.45) is 6.08. The Morgan fingerprint density at radius 3 is 2.21 bits per heavy atom. The maximum absolute atomic E-state index is 14.4. The third-order valence-corrected chi connectivity index (χ3v) is 4.35. The molecule has 2 aromatic rings. The van der Waals surface area contributed by atoms with E-state index < -0.39 is 24.0 Å². The Kier molecular flexibility index (Phi) is 4.23. The molecule has 3 heterocycles. The number of hydrogen-bond donors (Lipinski definition) is 0. The summed E-state index contributed by atoms with van der Waals surface area (Å²) >= 11 is 0. The Balaban J connectivity index is 1.77. The van der Waals surface area contributed by atoms with Crippen molar-refractivity contribution in [2.24, 2.45) is 0 Å². The average Bonchev–Trinajstić information content (AvgIpc) is 2.77. The molecule has 1 fully saturated rings. The lowest BCUT2D eigenvalue weighted by atomic mass is 9.87. The van der Waals surface area contributed by atoms with Crippen molar-refractivity contribution < 1.29 is 13.7 Å². The van der Waals surface area contributed by atoms with E-state index in [2.05, 4.69) is 15.0 Å². The molecule has 0 N–H and O–H groups in total. The minimum absolute atomic E-state index is 0.490. The summed E-state index contributed by atoms with van der Waals surface area (Å²) in [5.74, 6) is 0.490. The average molecular weight is 327 g/mol. The van der Waals surface area contributed by atoms with Crippen molar-refractivity contribution in [3.63, 3.8) is 0 Å². The summed E-state index contributed by atoms with van der Waals surface area (Å²) < 4.78 is 25.8. The van der Waals surface area contributed by atoms with Crippen LogP contribution in [0.15, 0.2) is 42.5 Å². The van der Waals surface area contributed by atoms with Gasteiger partial charge in [-0.05, 0) is 45.9 Å². The van der Waals surface area contributed by atoms with E-state index in [4.69, 9.17) is 9.31 Å². The Morgan fingerprint density at radius 1 is 1.04 bits per heavy atom. The van der Waals surface area contributed by atoms with Crippen LogP contribution in [0.3, 0.4) is 0 Å². The number of pyridine rings is 1. The summed E-state index contributed by atoms with van der Waals surface area (Å²) in [7, 11) is -1.02. The first-order valence-electron chi connectivity index (χ1n) is 7.75. The van der Waals surface area contributed by atoms with Gasteiger partial charge in [-0.25, -0.2) is 14.4 Å². The van der Waals surface area contributed by atoms with Crippen molar-refractivity contribution in [2.45, 2.75) is 38.9 Å². The summed E-state index contributed by atoms with van der Waals surface area (Å²) in [5.41, 5.74) is -0.478. The van der Waals surface area contributed by atoms with Gasteiger partial charge in [0.1, 0.15) is 11.4 Å². The molecule has 0 saturated carbocycles. The zero-order valence-electron chi connectivity index (χ0n) is 14.2. The largest absolute Gasteiger partial charge is 0.525 e. The highest BCUT2D eigenvalue weighted by atomic mass is 19.1. The molecule has 0 aromatic carbocycles. The van der Waals surface area contributed by atoms with Gasteiger partial charge in [0, 0.05) is 24.2 Å². The van der Waals surface area contributed by atoms with Gasteiger partial charge in [0.25, 0.3) is 0 Å². The van der Waals surface area contributed by atoms with Gasteiger partial charge in [0.2, 0.25) is 0 Å². The zero-order chi connectivity index (χ0) is 17.4. The first-order chi connectivity index (χ1) is 11.3. The van der Waals surface area contributed by atoms with E-state index in [1.54, 1.807) is 18.6 Å². The molecule has 0 unspecified atom stereocenters. The molecule has 0 atom stereocenters. The molecule has 2 aromatic heterocycles. The van der Waals surface area contributed by atoms with E-state index in [9.17, 15) is 4.39 Å². The smallest absolute Gasteiger partial charge is 0.398 e. The predicted octanol–water partition coefficient (Wildman–Crippen LogP) is 3.48. The van der Waals surface area contributed by atoms with Crippen LogP contribution < -0.4 is 0 Å². The van der Waals surface area contributed by atoms with Crippen LogP contribution in [0, 0.1) is 0 Å². The van der Waals surface area contributed by atoms with Crippen molar-refractivity contribution in [1.29, 1.82) is 0 Å². The van der Waals surface area contributed by atoms with Gasteiger partial charge in [0.05, 0.1) is 11.2 Å². The van der Waals surface area contributed by atoms with Gasteiger partial charge < -0.3 is 9.31 Å². The molecule has 1 aliphatic heterocycles. The Hall–Kier alpha value is -2.12. The van der Waals surface area contributed by atoms with Crippen LogP contribution in [0.4, 0.5) is 4.39 Å². The molecule has 5 nitrogen and oxygen atoms in total. The van der Waals surface area contributed by atoms with Gasteiger partial charge >= 0.3 is 7.12 Å². The lowest BCUT2D eigenvalue weighted by molar-refractivity contribution is 0.00578. The van der Waals surface area contributed by atoms with Crippen LogP contribution in [0.2, 0.25) is 0 Å². The maximum atomic E-state index is 14.4. The SMILES string of the molecule is CC1(C)OB(C(F)=Cc2cnc(-c3ccccn3)nc2)OC1(C)C. The zero-order valence-corrected chi connectivity index (χ0v) is 14.2.